The number of allylic oxidation sites excluding steroid dienone is 2. The van der Waals surface area contributed by atoms with E-state index in [1.165, 1.54) is 0 Å². The van der Waals surface area contributed by atoms with E-state index in [0.29, 0.717) is 18.8 Å². The van der Waals surface area contributed by atoms with Crippen LogP contribution < -0.4 is 0 Å². The Kier molecular flexibility index (Phi) is 5.35. The predicted octanol–water partition coefficient (Wildman–Crippen LogP) is 1.75. The number of carbonyl (C=O) groups excluding carboxylic acids is 2. The third-order valence-corrected chi connectivity index (χ3v) is 1.18. The Morgan fingerprint density at radius 1 is 1.45 bits per heavy atom. The minimum absolute atomic E-state index is 0.0331. The van der Waals surface area contributed by atoms with E-state index in [2.05, 4.69) is 0 Å². The van der Waals surface area contributed by atoms with Crippen molar-refractivity contribution in [3.8, 4) is 0 Å². The molecular weight excluding hydrogens is 140 g/mol. The fourth-order valence-electron chi connectivity index (χ4n) is 0.584. The lowest BCUT2D eigenvalue weighted by Crippen LogP contribution is -1.93. The summed E-state index contributed by atoms with van der Waals surface area (Å²) in [4.78, 5) is 20.7. The van der Waals surface area contributed by atoms with Crippen LogP contribution in [0.25, 0.3) is 0 Å². The lowest BCUT2D eigenvalue weighted by atomic mass is 10.1. The highest BCUT2D eigenvalue weighted by atomic mass is 16.1. The lowest BCUT2D eigenvalue weighted by molar-refractivity contribution is -0.117. The minimum Gasteiger partial charge on any atom is -0.303 e. The number of carbonyl (C=O) groups is 2. The summed E-state index contributed by atoms with van der Waals surface area (Å²) < 4.78 is 0. The van der Waals surface area contributed by atoms with Gasteiger partial charge >= 0.3 is 0 Å². The summed E-state index contributed by atoms with van der Waals surface area (Å²) in [6.45, 7) is 4.01. The van der Waals surface area contributed by atoms with Crippen molar-refractivity contribution in [1.29, 1.82) is 0 Å². The molecule has 0 bridgehead atoms. The zero-order valence-electron chi connectivity index (χ0n) is 7.04. The summed E-state index contributed by atoms with van der Waals surface area (Å²) in [7, 11) is 0. The van der Waals surface area contributed by atoms with Crippen LogP contribution in [0, 0.1) is 5.92 Å². The van der Waals surface area contributed by atoms with Gasteiger partial charge in [-0.15, -0.1) is 0 Å². The Labute approximate surface area is 67.3 Å². The quantitative estimate of drug-likeness (QED) is 0.446. The van der Waals surface area contributed by atoms with E-state index in [9.17, 15) is 9.59 Å². The predicted molar refractivity (Wildman–Crippen MR) is 44.3 cm³/mol. The van der Waals surface area contributed by atoms with Gasteiger partial charge in [-0.25, -0.2) is 0 Å². The van der Waals surface area contributed by atoms with Gasteiger partial charge in [0, 0.05) is 12.8 Å². The van der Waals surface area contributed by atoms with E-state index in [1.54, 1.807) is 6.08 Å². The molecule has 0 rings (SSSR count). The average Bonchev–Trinajstić information content (AvgIpc) is 1.97. The van der Waals surface area contributed by atoms with Crippen molar-refractivity contribution >= 4 is 12.1 Å². The molecule has 0 spiro atoms. The van der Waals surface area contributed by atoms with Gasteiger partial charge in [0.1, 0.15) is 6.29 Å². The molecule has 0 radical (unpaired) electrons. The molecule has 2 heteroatoms. The maximum atomic E-state index is 10.9. The molecule has 0 aromatic heterocycles. The summed E-state index contributed by atoms with van der Waals surface area (Å²) in [5, 5.41) is 0. The van der Waals surface area contributed by atoms with Crippen molar-refractivity contribution in [3.05, 3.63) is 12.2 Å². The number of rotatable bonds is 5. The second-order valence-electron chi connectivity index (χ2n) is 2.77. The van der Waals surface area contributed by atoms with Gasteiger partial charge in [0.05, 0.1) is 0 Å². The molecule has 62 valence electrons. The third-order valence-electron chi connectivity index (χ3n) is 1.18. The Bertz CT molecular complexity index is 157. The van der Waals surface area contributed by atoms with Gasteiger partial charge in [-0.05, 0) is 12.0 Å². The maximum absolute atomic E-state index is 10.9. The van der Waals surface area contributed by atoms with Crippen molar-refractivity contribution in [2.24, 2.45) is 5.92 Å². The minimum atomic E-state index is 0.0331. The fraction of sp³-hybridized carbons (Fsp3) is 0.556. The number of hydrogen-bond acceptors (Lipinski definition) is 2. The zero-order valence-corrected chi connectivity index (χ0v) is 7.04. The molecule has 0 saturated heterocycles. The van der Waals surface area contributed by atoms with Gasteiger partial charge < -0.3 is 4.79 Å². The SMILES string of the molecule is CC(C)/C=C/C(=O)CCC=O. The van der Waals surface area contributed by atoms with Crippen LogP contribution in [0.15, 0.2) is 12.2 Å². The Hall–Kier alpha value is -0.920. The summed E-state index contributed by atoms with van der Waals surface area (Å²) in [6, 6.07) is 0. The highest BCUT2D eigenvalue weighted by molar-refractivity contribution is 5.90. The van der Waals surface area contributed by atoms with Gasteiger partial charge in [0.25, 0.3) is 0 Å². The molecule has 0 aliphatic carbocycles. The largest absolute Gasteiger partial charge is 0.303 e. The van der Waals surface area contributed by atoms with E-state index < -0.39 is 0 Å². The normalized spacial score (nSPS) is 10.8. The number of ketones is 1. The molecule has 0 atom stereocenters. The van der Waals surface area contributed by atoms with Crippen LogP contribution in [-0.2, 0) is 9.59 Å². The van der Waals surface area contributed by atoms with Crippen molar-refractivity contribution in [2.45, 2.75) is 26.7 Å². The van der Waals surface area contributed by atoms with Crippen molar-refractivity contribution < 1.29 is 9.59 Å². The van der Waals surface area contributed by atoms with Crippen molar-refractivity contribution in [2.75, 3.05) is 0 Å². The molecule has 11 heavy (non-hydrogen) atoms. The van der Waals surface area contributed by atoms with Crippen molar-refractivity contribution in [1.82, 2.24) is 0 Å². The van der Waals surface area contributed by atoms with E-state index >= 15 is 0 Å². The molecule has 0 amide bonds. The highest BCUT2D eigenvalue weighted by Gasteiger charge is 1.94. The first-order valence-corrected chi connectivity index (χ1v) is 3.81. The summed E-state index contributed by atoms with van der Waals surface area (Å²) in [5.41, 5.74) is 0. The van der Waals surface area contributed by atoms with Gasteiger partial charge in [-0.3, -0.25) is 4.79 Å². The molecule has 2 nitrogen and oxygen atoms in total. The molecule has 0 fully saturated rings. The van der Waals surface area contributed by atoms with Gasteiger partial charge in [-0.1, -0.05) is 19.9 Å². The Balaban J connectivity index is 3.59. The topological polar surface area (TPSA) is 34.1 Å². The fourth-order valence-corrected chi connectivity index (χ4v) is 0.584. The molecule has 0 aromatic rings. The number of aldehydes is 1. The zero-order chi connectivity index (χ0) is 8.69. The summed E-state index contributed by atoms with van der Waals surface area (Å²) in [5.74, 6) is 0.431. The van der Waals surface area contributed by atoms with Crippen LogP contribution in [0.2, 0.25) is 0 Å². The van der Waals surface area contributed by atoms with Gasteiger partial charge in [0.15, 0.2) is 5.78 Å². The van der Waals surface area contributed by atoms with Crippen LogP contribution >= 0.6 is 0 Å². The summed E-state index contributed by atoms with van der Waals surface area (Å²) in [6.07, 6.45) is 4.83. The Morgan fingerprint density at radius 3 is 2.55 bits per heavy atom. The monoisotopic (exact) mass is 154 g/mol. The molecule has 0 aliphatic rings. The van der Waals surface area contributed by atoms with Gasteiger partial charge in [-0.2, -0.15) is 0 Å². The lowest BCUT2D eigenvalue weighted by Gasteiger charge is -1.92. The Morgan fingerprint density at radius 2 is 2.09 bits per heavy atom. The molecule has 0 unspecified atom stereocenters. The highest BCUT2D eigenvalue weighted by Crippen LogP contribution is 1.96. The first-order chi connectivity index (χ1) is 5.16. The molecule has 0 heterocycles. The second kappa shape index (κ2) is 5.83. The van der Waals surface area contributed by atoms with Gasteiger partial charge in [0.2, 0.25) is 0 Å². The second-order valence-corrected chi connectivity index (χ2v) is 2.77. The van der Waals surface area contributed by atoms with Crippen LogP contribution in [-0.4, -0.2) is 12.1 Å². The first kappa shape index (κ1) is 10.1. The van der Waals surface area contributed by atoms with Crippen LogP contribution in [0.5, 0.6) is 0 Å². The molecular formula is C9H14O2. The standard InChI is InChI=1S/C9H14O2/c1-8(2)5-6-9(11)4-3-7-10/h5-8H,3-4H2,1-2H3/b6-5+. The average molecular weight is 154 g/mol. The van der Waals surface area contributed by atoms with Crippen LogP contribution in [0.4, 0.5) is 0 Å². The molecule has 0 aromatic carbocycles. The smallest absolute Gasteiger partial charge is 0.155 e. The van der Waals surface area contributed by atoms with E-state index in [1.807, 2.05) is 19.9 Å². The van der Waals surface area contributed by atoms with E-state index in [4.69, 9.17) is 0 Å². The first-order valence-electron chi connectivity index (χ1n) is 3.81. The third kappa shape index (κ3) is 6.97. The van der Waals surface area contributed by atoms with Crippen molar-refractivity contribution in [3.63, 3.8) is 0 Å². The van der Waals surface area contributed by atoms with Crippen LogP contribution in [0.1, 0.15) is 26.7 Å². The number of hydrogen-bond donors (Lipinski definition) is 0. The molecule has 0 N–H and O–H groups in total. The maximum Gasteiger partial charge on any atom is 0.155 e. The van der Waals surface area contributed by atoms with E-state index in [-0.39, 0.29) is 5.78 Å². The summed E-state index contributed by atoms with van der Waals surface area (Å²) >= 11 is 0. The van der Waals surface area contributed by atoms with Crippen LogP contribution in [0.3, 0.4) is 0 Å². The molecule has 0 saturated carbocycles. The molecule has 0 aliphatic heterocycles. The van der Waals surface area contributed by atoms with E-state index in [0.717, 1.165) is 6.29 Å².